The van der Waals surface area contributed by atoms with Crippen LogP contribution in [0.15, 0.2) is 28.9 Å². The Morgan fingerprint density at radius 3 is 3.05 bits per heavy atom. The number of amides is 1. The molecule has 0 atom stereocenters. The van der Waals surface area contributed by atoms with Crippen LogP contribution in [0.25, 0.3) is 0 Å². The number of nitrogens with zero attached hydrogens (tertiary/aromatic N) is 2. The highest BCUT2D eigenvalue weighted by Crippen LogP contribution is 2.35. The van der Waals surface area contributed by atoms with Gasteiger partial charge in [0.2, 0.25) is 0 Å². The number of ether oxygens (including phenoxy) is 2. The van der Waals surface area contributed by atoms with Crippen LogP contribution in [0, 0.1) is 0 Å². The number of methoxy groups -OCH3 is 1. The molecule has 0 aliphatic carbocycles. The molecule has 1 aromatic heterocycles. The van der Waals surface area contributed by atoms with Gasteiger partial charge in [0.05, 0.1) is 19.3 Å². The number of carbonyl (C=O) groups excluding carboxylic acids is 1. The molecule has 0 N–H and O–H groups in total. The molecule has 0 bridgehead atoms. The van der Waals surface area contributed by atoms with Crippen molar-refractivity contribution in [2.45, 2.75) is 13.3 Å². The largest absolute Gasteiger partial charge is 0.497 e. The van der Waals surface area contributed by atoms with Crippen molar-refractivity contribution in [3.05, 3.63) is 36.0 Å². The van der Waals surface area contributed by atoms with Crippen molar-refractivity contribution in [1.29, 1.82) is 0 Å². The Kier molecular flexibility index (Phi) is 3.51. The van der Waals surface area contributed by atoms with E-state index in [2.05, 4.69) is 4.98 Å². The van der Waals surface area contributed by atoms with Crippen molar-refractivity contribution in [3.8, 4) is 11.5 Å². The second kappa shape index (κ2) is 5.47. The minimum atomic E-state index is -0.198. The topological polar surface area (TPSA) is 64.8 Å². The lowest BCUT2D eigenvalue weighted by molar-refractivity contribution is 0.0971. The van der Waals surface area contributed by atoms with Gasteiger partial charge in [-0.3, -0.25) is 9.69 Å². The summed E-state index contributed by atoms with van der Waals surface area (Å²) in [6, 6.07) is 5.39. The Hall–Kier alpha value is -2.50. The maximum absolute atomic E-state index is 12.6. The van der Waals surface area contributed by atoms with Gasteiger partial charge < -0.3 is 13.9 Å². The lowest BCUT2D eigenvalue weighted by Gasteiger charge is -2.29. The van der Waals surface area contributed by atoms with E-state index in [1.165, 1.54) is 6.26 Å². The lowest BCUT2D eigenvalue weighted by Crippen LogP contribution is -2.38. The molecule has 21 heavy (non-hydrogen) atoms. The van der Waals surface area contributed by atoms with E-state index < -0.39 is 0 Å². The van der Waals surface area contributed by atoms with Gasteiger partial charge in [-0.2, -0.15) is 0 Å². The van der Waals surface area contributed by atoms with E-state index in [9.17, 15) is 4.79 Å². The van der Waals surface area contributed by atoms with Crippen molar-refractivity contribution < 1.29 is 18.7 Å². The van der Waals surface area contributed by atoms with E-state index in [0.717, 1.165) is 0 Å². The van der Waals surface area contributed by atoms with Crippen LogP contribution in [-0.2, 0) is 6.42 Å². The van der Waals surface area contributed by atoms with Crippen molar-refractivity contribution in [2.75, 3.05) is 25.2 Å². The standard InChI is InChI=1S/C15H16N2O4/c1-3-14-16-11(9-21-14)15(18)17-6-7-20-13-5-4-10(19-2)8-12(13)17/h4-5,8-9H,3,6-7H2,1-2H3. The molecule has 0 unspecified atom stereocenters. The number of fused-ring (bicyclic) bond motifs is 1. The molecule has 3 rings (SSSR count). The number of aryl methyl sites for hydroxylation is 1. The molecule has 1 aliphatic heterocycles. The van der Waals surface area contributed by atoms with Crippen molar-refractivity contribution in [3.63, 3.8) is 0 Å². The smallest absolute Gasteiger partial charge is 0.280 e. The van der Waals surface area contributed by atoms with E-state index in [1.54, 1.807) is 30.2 Å². The van der Waals surface area contributed by atoms with Crippen LogP contribution in [0.2, 0.25) is 0 Å². The van der Waals surface area contributed by atoms with E-state index in [4.69, 9.17) is 13.9 Å². The summed E-state index contributed by atoms with van der Waals surface area (Å²) in [5.74, 6) is 1.69. The monoisotopic (exact) mass is 288 g/mol. The van der Waals surface area contributed by atoms with Crippen LogP contribution < -0.4 is 14.4 Å². The van der Waals surface area contributed by atoms with E-state index in [1.807, 2.05) is 6.92 Å². The number of oxazole rings is 1. The zero-order chi connectivity index (χ0) is 14.8. The number of hydrogen-bond acceptors (Lipinski definition) is 5. The molecule has 0 saturated heterocycles. The van der Waals surface area contributed by atoms with E-state index >= 15 is 0 Å². The first-order chi connectivity index (χ1) is 10.2. The fraction of sp³-hybridized carbons (Fsp3) is 0.333. The molecule has 1 aromatic carbocycles. The molecule has 1 amide bonds. The molecular weight excluding hydrogens is 272 g/mol. The molecule has 2 heterocycles. The highest BCUT2D eigenvalue weighted by molar-refractivity contribution is 6.05. The van der Waals surface area contributed by atoms with Gasteiger partial charge in [-0.05, 0) is 12.1 Å². The molecule has 1 aliphatic rings. The molecule has 0 radical (unpaired) electrons. The maximum Gasteiger partial charge on any atom is 0.280 e. The zero-order valence-corrected chi connectivity index (χ0v) is 12.0. The third-order valence-electron chi connectivity index (χ3n) is 3.35. The van der Waals surface area contributed by atoms with Gasteiger partial charge >= 0.3 is 0 Å². The van der Waals surface area contributed by atoms with Crippen LogP contribution in [0.5, 0.6) is 11.5 Å². The van der Waals surface area contributed by atoms with Gasteiger partial charge in [-0.15, -0.1) is 0 Å². The maximum atomic E-state index is 12.6. The molecule has 0 spiro atoms. The average Bonchev–Trinajstić information content (AvgIpc) is 3.02. The number of benzene rings is 1. The number of carbonyl (C=O) groups is 1. The highest BCUT2D eigenvalue weighted by atomic mass is 16.5. The molecule has 0 saturated carbocycles. The van der Waals surface area contributed by atoms with Crippen LogP contribution in [0.3, 0.4) is 0 Å². The van der Waals surface area contributed by atoms with Crippen molar-refractivity contribution >= 4 is 11.6 Å². The first-order valence-corrected chi connectivity index (χ1v) is 6.80. The predicted octanol–water partition coefficient (Wildman–Crippen LogP) is 2.28. The number of rotatable bonds is 3. The van der Waals surface area contributed by atoms with Gasteiger partial charge in [0, 0.05) is 12.5 Å². The number of aromatic nitrogens is 1. The Bertz CT molecular complexity index is 665. The zero-order valence-electron chi connectivity index (χ0n) is 12.0. The average molecular weight is 288 g/mol. The lowest BCUT2D eigenvalue weighted by atomic mass is 10.2. The predicted molar refractivity (Wildman–Crippen MR) is 76.0 cm³/mol. The molecule has 2 aromatic rings. The molecule has 110 valence electrons. The summed E-state index contributed by atoms with van der Waals surface area (Å²) in [6.07, 6.45) is 2.05. The summed E-state index contributed by atoms with van der Waals surface area (Å²) in [5.41, 5.74) is 0.995. The van der Waals surface area contributed by atoms with Gasteiger partial charge in [-0.25, -0.2) is 4.98 Å². The molecule has 6 nitrogen and oxygen atoms in total. The first kappa shape index (κ1) is 13.5. The van der Waals surface area contributed by atoms with Gasteiger partial charge in [0.25, 0.3) is 5.91 Å². The van der Waals surface area contributed by atoms with Gasteiger partial charge in [0.1, 0.15) is 24.4 Å². The van der Waals surface area contributed by atoms with Crippen molar-refractivity contribution in [1.82, 2.24) is 4.98 Å². The number of anilines is 1. The number of hydrogen-bond donors (Lipinski definition) is 0. The SMILES string of the molecule is CCc1nc(C(=O)N2CCOc3ccc(OC)cc32)co1. The van der Waals surface area contributed by atoms with E-state index in [0.29, 0.717) is 48.3 Å². The Morgan fingerprint density at radius 2 is 2.33 bits per heavy atom. The second-order valence-electron chi connectivity index (χ2n) is 4.62. The van der Waals surface area contributed by atoms with Crippen LogP contribution in [0.1, 0.15) is 23.3 Å². The van der Waals surface area contributed by atoms with Crippen LogP contribution in [-0.4, -0.2) is 31.2 Å². The minimum Gasteiger partial charge on any atom is -0.497 e. The van der Waals surface area contributed by atoms with E-state index in [-0.39, 0.29) is 5.91 Å². The normalized spacial score (nSPS) is 13.5. The third kappa shape index (κ3) is 2.44. The molecular formula is C15H16N2O4. The Labute approximate surface area is 122 Å². The second-order valence-corrected chi connectivity index (χ2v) is 4.62. The molecule has 6 heteroatoms. The summed E-state index contributed by atoms with van der Waals surface area (Å²) >= 11 is 0. The Balaban J connectivity index is 1.95. The van der Waals surface area contributed by atoms with Gasteiger partial charge in [-0.1, -0.05) is 6.92 Å². The Morgan fingerprint density at radius 1 is 1.48 bits per heavy atom. The van der Waals surface area contributed by atoms with Gasteiger partial charge in [0.15, 0.2) is 11.6 Å². The minimum absolute atomic E-state index is 0.198. The quantitative estimate of drug-likeness (QED) is 0.867. The summed E-state index contributed by atoms with van der Waals surface area (Å²) in [6.45, 7) is 2.84. The summed E-state index contributed by atoms with van der Waals surface area (Å²) in [5, 5.41) is 0. The fourth-order valence-electron chi connectivity index (χ4n) is 2.25. The first-order valence-electron chi connectivity index (χ1n) is 6.80. The third-order valence-corrected chi connectivity index (χ3v) is 3.35. The summed E-state index contributed by atoms with van der Waals surface area (Å²) in [4.78, 5) is 18.4. The summed E-state index contributed by atoms with van der Waals surface area (Å²) in [7, 11) is 1.59. The fourth-order valence-corrected chi connectivity index (χ4v) is 2.25. The molecule has 0 fully saturated rings. The summed E-state index contributed by atoms with van der Waals surface area (Å²) < 4.78 is 16.0. The van der Waals surface area contributed by atoms with Crippen molar-refractivity contribution in [2.24, 2.45) is 0 Å². The highest BCUT2D eigenvalue weighted by Gasteiger charge is 2.27. The van der Waals surface area contributed by atoms with Crippen LogP contribution >= 0.6 is 0 Å². The van der Waals surface area contributed by atoms with Crippen LogP contribution in [0.4, 0.5) is 5.69 Å².